The molecule has 0 saturated carbocycles. The van der Waals surface area contributed by atoms with E-state index in [1.54, 1.807) is 12.1 Å². The maximum absolute atomic E-state index is 11.1. The van der Waals surface area contributed by atoms with Gasteiger partial charge in [-0.05, 0) is 18.2 Å². The number of nitrogens with zero attached hydrogens (tertiary/aromatic N) is 1. The monoisotopic (exact) mass is 233 g/mol. The second-order valence-corrected chi connectivity index (χ2v) is 4.80. The highest BCUT2D eigenvalue weighted by Crippen LogP contribution is 2.27. The van der Waals surface area contributed by atoms with Gasteiger partial charge in [0, 0.05) is 30.6 Å². The minimum Gasteiger partial charge on any atom is -0.591 e. The van der Waals surface area contributed by atoms with Crippen LogP contribution in [-0.4, -0.2) is 14.1 Å². The number of benzene rings is 2. The summed E-state index contributed by atoms with van der Waals surface area (Å²) in [4.78, 5) is 13.1. The zero-order valence-electron chi connectivity index (χ0n) is 9.18. The number of hydrogen-bond donors (Lipinski definition) is 0. The van der Waals surface area contributed by atoms with Gasteiger partial charge in [-0.3, -0.25) is 0 Å². The second kappa shape index (κ2) is 4.20. The topological polar surface area (TPSA) is 43.4 Å². The number of rotatable bonds is 2. The van der Waals surface area contributed by atoms with Gasteiger partial charge >= 0.3 is 8.03 Å². The van der Waals surface area contributed by atoms with Crippen molar-refractivity contribution < 1.29 is 9.46 Å². The molecule has 2 aromatic carbocycles. The first-order valence-electron chi connectivity index (χ1n) is 4.94. The predicted octanol–water partition coefficient (Wildman–Crippen LogP) is 1.63. The normalized spacial score (nSPS) is 11.6. The van der Waals surface area contributed by atoms with Crippen LogP contribution in [0.3, 0.4) is 0 Å². The first-order valence-corrected chi connectivity index (χ1v) is 6.12. The van der Waals surface area contributed by atoms with E-state index in [0.29, 0.717) is 5.30 Å². The molecule has 3 nitrogen and oxygen atoms in total. The van der Waals surface area contributed by atoms with Crippen LogP contribution in [0.15, 0.2) is 36.4 Å². The fourth-order valence-corrected chi connectivity index (χ4v) is 2.43. The zero-order chi connectivity index (χ0) is 11.7. The third-order valence-electron chi connectivity index (χ3n) is 2.55. The fourth-order valence-electron chi connectivity index (χ4n) is 1.83. The van der Waals surface area contributed by atoms with Crippen molar-refractivity contribution in [2.75, 3.05) is 19.0 Å². The Kier molecular flexibility index (Phi) is 2.90. The van der Waals surface area contributed by atoms with E-state index in [9.17, 15) is 9.46 Å². The van der Waals surface area contributed by atoms with Gasteiger partial charge in [-0.2, -0.15) is 0 Å². The van der Waals surface area contributed by atoms with Crippen molar-refractivity contribution in [3.63, 3.8) is 0 Å². The second-order valence-electron chi connectivity index (χ2n) is 3.80. The molecule has 0 spiro atoms. The maximum atomic E-state index is 11.1. The van der Waals surface area contributed by atoms with Gasteiger partial charge < -0.3 is 9.79 Å². The molecule has 0 bridgehead atoms. The van der Waals surface area contributed by atoms with Gasteiger partial charge in [0.25, 0.3) is 0 Å². The van der Waals surface area contributed by atoms with Crippen LogP contribution in [0, 0.1) is 0 Å². The summed E-state index contributed by atoms with van der Waals surface area (Å²) in [6.07, 6.45) is 0. The molecule has 2 rings (SSSR count). The molecule has 1 unspecified atom stereocenters. The summed E-state index contributed by atoms with van der Waals surface area (Å²) in [5, 5.41) is 2.13. The lowest BCUT2D eigenvalue weighted by Crippen LogP contribution is -2.11. The average molecular weight is 233 g/mol. The molecule has 16 heavy (non-hydrogen) atoms. The zero-order valence-corrected chi connectivity index (χ0v) is 10.1. The van der Waals surface area contributed by atoms with Gasteiger partial charge in [-0.15, -0.1) is 0 Å². The highest BCUT2D eigenvalue weighted by molar-refractivity contribution is 7.46. The van der Waals surface area contributed by atoms with Crippen molar-refractivity contribution in [3.8, 4) is 0 Å². The van der Waals surface area contributed by atoms with Gasteiger partial charge in [0.1, 0.15) is 0 Å². The molecular formula is C12H12NO2P. The Morgan fingerprint density at radius 1 is 1.06 bits per heavy atom. The van der Waals surface area contributed by atoms with Crippen LogP contribution >= 0.6 is 8.03 Å². The molecule has 0 fully saturated rings. The molecule has 0 aromatic heterocycles. The van der Waals surface area contributed by atoms with Crippen LogP contribution in [0.4, 0.5) is 5.69 Å². The molecule has 82 valence electrons. The van der Waals surface area contributed by atoms with Crippen LogP contribution in [0.5, 0.6) is 0 Å². The molecule has 0 saturated heterocycles. The van der Waals surface area contributed by atoms with E-state index in [-0.39, 0.29) is 0 Å². The molecule has 0 radical (unpaired) electrons. The van der Waals surface area contributed by atoms with Crippen LogP contribution in [0.25, 0.3) is 10.8 Å². The van der Waals surface area contributed by atoms with E-state index in [2.05, 4.69) is 0 Å². The molecule has 0 aliphatic rings. The summed E-state index contributed by atoms with van der Waals surface area (Å²) in [6.45, 7) is 0. The van der Waals surface area contributed by atoms with Gasteiger partial charge in [0.2, 0.25) is 0 Å². The summed E-state index contributed by atoms with van der Waals surface area (Å²) in [7, 11) is 1.34. The quantitative estimate of drug-likeness (QED) is 0.740. The standard InChI is InChI=1S/C12H12NO2P/c1-13(2)11-7-3-6-10-9(11)5-4-8-12(10)16(14)15/h3-8H,1-2H3. The van der Waals surface area contributed by atoms with Gasteiger partial charge in [0.15, 0.2) is 5.30 Å². The number of anilines is 1. The highest BCUT2D eigenvalue weighted by Gasteiger charge is 2.13. The lowest BCUT2D eigenvalue weighted by molar-refractivity contribution is -0.160. The summed E-state index contributed by atoms with van der Waals surface area (Å²) in [5.41, 5.74) is 1.02. The Morgan fingerprint density at radius 3 is 2.31 bits per heavy atom. The summed E-state index contributed by atoms with van der Waals surface area (Å²) < 4.78 is 11.1. The molecule has 0 aliphatic heterocycles. The lowest BCUT2D eigenvalue weighted by Gasteiger charge is -2.15. The minimum absolute atomic E-state index is 0.385. The van der Waals surface area contributed by atoms with Crippen molar-refractivity contribution in [2.24, 2.45) is 0 Å². The lowest BCUT2D eigenvalue weighted by atomic mass is 10.1. The van der Waals surface area contributed by atoms with Crippen LogP contribution in [-0.2, 0) is 4.57 Å². The Balaban J connectivity index is 2.81. The Labute approximate surface area is 95.2 Å². The smallest absolute Gasteiger partial charge is 0.349 e. The van der Waals surface area contributed by atoms with Crippen LogP contribution in [0.2, 0.25) is 0 Å². The van der Waals surface area contributed by atoms with E-state index in [4.69, 9.17) is 0 Å². The van der Waals surface area contributed by atoms with Crippen molar-refractivity contribution >= 4 is 29.8 Å². The van der Waals surface area contributed by atoms with Gasteiger partial charge in [-0.25, -0.2) is 0 Å². The average Bonchev–Trinajstić information content (AvgIpc) is 2.27. The van der Waals surface area contributed by atoms with E-state index in [0.717, 1.165) is 16.5 Å². The van der Waals surface area contributed by atoms with Crippen LogP contribution in [0.1, 0.15) is 0 Å². The van der Waals surface area contributed by atoms with E-state index < -0.39 is 8.03 Å². The summed E-state index contributed by atoms with van der Waals surface area (Å²) in [5.74, 6) is 0. The van der Waals surface area contributed by atoms with Crippen molar-refractivity contribution in [2.45, 2.75) is 0 Å². The largest absolute Gasteiger partial charge is 0.591 e. The van der Waals surface area contributed by atoms with Gasteiger partial charge in [-0.1, -0.05) is 22.8 Å². The van der Waals surface area contributed by atoms with E-state index in [1.165, 1.54) is 0 Å². The van der Waals surface area contributed by atoms with Crippen molar-refractivity contribution in [3.05, 3.63) is 36.4 Å². The number of hydrogen-bond acceptors (Lipinski definition) is 3. The molecular weight excluding hydrogens is 221 g/mol. The molecule has 1 atom stereocenters. The predicted molar refractivity (Wildman–Crippen MR) is 65.5 cm³/mol. The molecule has 0 N–H and O–H groups in total. The maximum Gasteiger partial charge on any atom is 0.349 e. The van der Waals surface area contributed by atoms with E-state index >= 15 is 0 Å². The third kappa shape index (κ3) is 1.80. The summed E-state index contributed by atoms with van der Waals surface area (Å²) >= 11 is 0. The van der Waals surface area contributed by atoms with Crippen molar-refractivity contribution in [1.29, 1.82) is 0 Å². The van der Waals surface area contributed by atoms with Crippen molar-refractivity contribution in [1.82, 2.24) is 0 Å². The Morgan fingerprint density at radius 2 is 1.69 bits per heavy atom. The highest BCUT2D eigenvalue weighted by atomic mass is 31.1. The first kappa shape index (κ1) is 11.1. The SMILES string of the molecule is CN(C)c1cccc2c([P+](=O)[O-])cccc12. The molecule has 0 heterocycles. The Hall–Kier alpha value is -1.44. The molecule has 0 aliphatic carbocycles. The molecule has 4 heteroatoms. The number of fused-ring (bicyclic) bond motifs is 1. The third-order valence-corrected chi connectivity index (χ3v) is 3.34. The fraction of sp³-hybridized carbons (Fsp3) is 0.167. The van der Waals surface area contributed by atoms with E-state index in [1.807, 2.05) is 43.3 Å². The summed E-state index contributed by atoms with van der Waals surface area (Å²) in [6, 6.07) is 11.0. The van der Waals surface area contributed by atoms with Gasteiger partial charge in [0.05, 0.1) is 0 Å². The Bertz CT molecular complexity index is 552. The van der Waals surface area contributed by atoms with Crippen LogP contribution < -0.4 is 15.1 Å². The first-order chi connectivity index (χ1) is 7.61. The molecule has 0 amide bonds. The molecule has 2 aromatic rings. The minimum atomic E-state index is -2.55.